The second-order valence-corrected chi connectivity index (χ2v) is 6.70. The molecular weight excluding hydrogens is 305 g/mol. The molecule has 0 saturated heterocycles. The van der Waals surface area contributed by atoms with E-state index in [0.717, 1.165) is 5.56 Å². The Morgan fingerprint density at radius 3 is 2.33 bits per heavy atom. The Kier molecular flexibility index (Phi) is 5.15. The summed E-state index contributed by atoms with van der Waals surface area (Å²) in [6.07, 6.45) is 0. The maximum Gasteiger partial charge on any atom is 0.146 e. The molecule has 0 spiro atoms. The summed E-state index contributed by atoms with van der Waals surface area (Å²) in [6.45, 7) is 7.08. The van der Waals surface area contributed by atoms with Gasteiger partial charge < -0.3 is 10.1 Å². The van der Waals surface area contributed by atoms with Gasteiger partial charge in [0.1, 0.15) is 11.5 Å². The minimum atomic E-state index is 0.0517. The van der Waals surface area contributed by atoms with Gasteiger partial charge in [-0.25, -0.2) is 0 Å². The van der Waals surface area contributed by atoms with Crippen molar-refractivity contribution in [3.63, 3.8) is 0 Å². The molecule has 2 nitrogen and oxygen atoms in total. The third kappa shape index (κ3) is 4.92. The van der Waals surface area contributed by atoms with Gasteiger partial charge in [-0.3, -0.25) is 0 Å². The van der Waals surface area contributed by atoms with Crippen molar-refractivity contribution in [2.45, 2.75) is 32.9 Å². The maximum absolute atomic E-state index is 6.31. The van der Waals surface area contributed by atoms with Crippen molar-refractivity contribution in [2.75, 3.05) is 0 Å². The summed E-state index contributed by atoms with van der Waals surface area (Å²) in [5.74, 6) is 1.29. The van der Waals surface area contributed by atoms with Crippen LogP contribution in [0.25, 0.3) is 0 Å². The zero-order chi connectivity index (χ0) is 15.5. The van der Waals surface area contributed by atoms with Crippen molar-refractivity contribution < 1.29 is 4.74 Å². The van der Waals surface area contributed by atoms with Crippen molar-refractivity contribution in [3.05, 3.63) is 58.1 Å². The third-order valence-corrected chi connectivity index (χ3v) is 3.56. The average molecular weight is 324 g/mol. The number of rotatable bonds is 4. The van der Waals surface area contributed by atoms with Crippen LogP contribution in [0.1, 0.15) is 26.3 Å². The Labute approximate surface area is 136 Å². The number of ether oxygens (including phenoxy) is 1. The molecule has 4 heteroatoms. The molecule has 0 aliphatic heterocycles. The van der Waals surface area contributed by atoms with Crippen LogP contribution < -0.4 is 10.1 Å². The molecule has 2 rings (SSSR count). The minimum Gasteiger partial charge on any atom is -0.456 e. The second-order valence-electron chi connectivity index (χ2n) is 5.89. The zero-order valence-corrected chi connectivity index (χ0v) is 13.9. The molecule has 0 unspecified atom stereocenters. The van der Waals surface area contributed by atoms with E-state index in [2.05, 4.69) is 26.1 Å². The first-order valence-corrected chi connectivity index (χ1v) is 7.56. The Bertz CT molecular complexity index is 620. The van der Waals surface area contributed by atoms with Crippen molar-refractivity contribution in [2.24, 2.45) is 0 Å². The van der Waals surface area contributed by atoms with Gasteiger partial charge in [0.05, 0.1) is 5.02 Å². The van der Waals surface area contributed by atoms with E-state index in [1.165, 1.54) is 0 Å². The first-order valence-electron chi connectivity index (χ1n) is 6.81. The molecule has 0 fully saturated rings. The van der Waals surface area contributed by atoms with Gasteiger partial charge in [0.15, 0.2) is 0 Å². The lowest BCUT2D eigenvalue weighted by Gasteiger charge is -2.21. The zero-order valence-electron chi connectivity index (χ0n) is 12.4. The monoisotopic (exact) mass is 323 g/mol. The van der Waals surface area contributed by atoms with Gasteiger partial charge in [-0.15, -0.1) is 0 Å². The van der Waals surface area contributed by atoms with Gasteiger partial charge in [0.2, 0.25) is 0 Å². The van der Waals surface area contributed by atoms with Gasteiger partial charge in [-0.2, -0.15) is 0 Å². The van der Waals surface area contributed by atoms with E-state index in [-0.39, 0.29) is 5.54 Å². The topological polar surface area (TPSA) is 21.3 Å². The average Bonchev–Trinajstić information content (AvgIpc) is 2.39. The highest BCUT2D eigenvalue weighted by molar-refractivity contribution is 6.32. The number of halogens is 2. The molecule has 0 bridgehead atoms. The fourth-order valence-corrected chi connectivity index (χ4v) is 2.16. The van der Waals surface area contributed by atoms with Crippen molar-refractivity contribution in [3.8, 4) is 11.5 Å². The van der Waals surface area contributed by atoms with Gasteiger partial charge in [-0.05, 0) is 50.6 Å². The molecule has 0 amide bonds. The van der Waals surface area contributed by atoms with E-state index in [1.54, 1.807) is 6.07 Å². The molecule has 2 aromatic rings. The van der Waals surface area contributed by atoms with Gasteiger partial charge in [-0.1, -0.05) is 41.4 Å². The summed E-state index contributed by atoms with van der Waals surface area (Å²) in [5, 5.41) is 4.66. The highest BCUT2D eigenvalue weighted by atomic mass is 35.5. The van der Waals surface area contributed by atoms with Crippen LogP contribution in [0.3, 0.4) is 0 Å². The lowest BCUT2D eigenvalue weighted by Crippen LogP contribution is -2.35. The van der Waals surface area contributed by atoms with Crippen molar-refractivity contribution in [1.29, 1.82) is 0 Å². The lowest BCUT2D eigenvalue weighted by molar-refractivity contribution is 0.424. The van der Waals surface area contributed by atoms with E-state index in [9.17, 15) is 0 Å². The predicted molar refractivity (Wildman–Crippen MR) is 89.6 cm³/mol. The number of hydrogen-bond acceptors (Lipinski definition) is 2. The highest BCUT2D eigenvalue weighted by Crippen LogP contribution is 2.31. The van der Waals surface area contributed by atoms with Gasteiger partial charge >= 0.3 is 0 Å². The van der Waals surface area contributed by atoms with Crippen LogP contribution in [0.4, 0.5) is 0 Å². The molecule has 0 heterocycles. The van der Waals surface area contributed by atoms with Crippen LogP contribution in [0.15, 0.2) is 42.5 Å². The number of para-hydroxylation sites is 1. The Morgan fingerprint density at radius 2 is 1.71 bits per heavy atom. The van der Waals surface area contributed by atoms with E-state index >= 15 is 0 Å². The predicted octanol–water partition coefficient (Wildman–Crippen LogP) is 5.67. The molecule has 112 valence electrons. The van der Waals surface area contributed by atoms with Crippen molar-refractivity contribution in [1.82, 2.24) is 5.32 Å². The first-order chi connectivity index (χ1) is 9.85. The Morgan fingerprint density at radius 1 is 1.00 bits per heavy atom. The van der Waals surface area contributed by atoms with Crippen LogP contribution in [0, 0.1) is 0 Å². The van der Waals surface area contributed by atoms with Crippen molar-refractivity contribution >= 4 is 23.2 Å². The van der Waals surface area contributed by atoms with Crippen LogP contribution in [-0.4, -0.2) is 5.54 Å². The molecule has 21 heavy (non-hydrogen) atoms. The summed E-state index contributed by atoms with van der Waals surface area (Å²) in [7, 11) is 0. The summed E-state index contributed by atoms with van der Waals surface area (Å²) in [6, 6.07) is 13.0. The van der Waals surface area contributed by atoms with Gasteiger partial charge in [0.25, 0.3) is 0 Å². The fraction of sp³-hybridized carbons (Fsp3) is 0.294. The number of hydrogen-bond donors (Lipinski definition) is 1. The van der Waals surface area contributed by atoms with E-state index < -0.39 is 0 Å². The molecule has 0 atom stereocenters. The molecule has 0 aliphatic carbocycles. The maximum atomic E-state index is 6.31. The number of benzene rings is 2. The fourth-order valence-electron chi connectivity index (χ4n) is 1.75. The largest absolute Gasteiger partial charge is 0.456 e. The van der Waals surface area contributed by atoms with Crippen LogP contribution in [0.2, 0.25) is 10.0 Å². The number of nitrogens with one attached hydrogen (secondary N) is 1. The lowest BCUT2D eigenvalue weighted by atomic mass is 10.1. The Balaban J connectivity index is 2.10. The molecule has 0 aliphatic rings. The molecule has 0 radical (unpaired) electrons. The van der Waals surface area contributed by atoms with E-state index in [4.69, 9.17) is 27.9 Å². The second kappa shape index (κ2) is 6.69. The molecule has 0 saturated carbocycles. The Hall–Kier alpha value is -1.22. The van der Waals surface area contributed by atoms with E-state index in [1.807, 2.05) is 36.4 Å². The standard InChI is InChI=1S/C17H19Cl2NO/c1-17(2,3)20-11-12-8-9-13(10-15(12)19)21-16-7-5-4-6-14(16)18/h4-10,20H,11H2,1-3H3. The summed E-state index contributed by atoms with van der Waals surface area (Å²) >= 11 is 12.4. The summed E-state index contributed by atoms with van der Waals surface area (Å²) in [5.41, 5.74) is 1.09. The first kappa shape index (κ1) is 16.2. The third-order valence-electron chi connectivity index (χ3n) is 2.90. The highest BCUT2D eigenvalue weighted by Gasteiger charge is 2.11. The van der Waals surface area contributed by atoms with Crippen LogP contribution >= 0.6 is 23.2 Å². The van der Waals surface area contributed by atoms with Crippen LogP contribution in [-0.2, 0) is 6.54 Å². The summed E-state index contributed by atoms with van der Waals surface area (Å²) < 4.78 is 5.75. The molecule has 0 aromatic heterocycles. The van der Waals surface area contributed by atoms with E-state index in [0.29, 0.717) is 28.1 Å². The van der Waals surface area contributed by atoms with Crippen LogP contribution in [0.5, 0.6) is 11.5 Å². The smallest absolute Gasteiger partial charge is 0.146 e. The molecule has 1 N–H and O–H groups in total. The normalized spacial score (nSPS) is 11.5. The van der Waals surface area contributed by atoms with Gasteiger partial charge in [0, 0.05) is 17.1 Å². The molecule has 2 aromatic carbocycles. The summed E-state index contributed by atoms with van der Waals surface area (Å²) in [4.78, 5) is 0. The minimum absolute atomic E-state index is 0.0517. The quantitative estimate of drug-likeness (QED) is 0.782. The molecular formula is C17H19Cl2NO. The SMILES string of the molecule is CC(C)(C)NCc1ccc(Oc2ccccc2Cl)cc1Cl.